The zero-order chi connectivity index (χ0) is 13.7. The van der Waals surface area contributed by atoms with Crippen molar-refractivity contribution in [2.24, 2.45) is 0 Å². The molecule has 1 aliphatic rings. The first kappa shape index (κ1) is 14.5. The maximum absolute atomic E-state index is 12.4. The lowest BCUT2D eigenvalue weighted by Gasteiger charge is -2.13. The Labute approximate surface area is 116 Å². The van der Waals surface area contributed by atoms with Gasteiger partial charge in [-0.25, -0.2) is 8.42 Å². The van der Waals surface area contributed by atoms with Gasteiger partial charge in [0.25, 0.3) is 0 Å². The summed E-state index contributed by atoms with van der Waals surface area (Å²) < 4.78 is 24.8. The fourth-order valence-electron chi connectivity index (χ4n) is 2.72. The van der Waals surface area contributed by atoms with Crippen molar-refractivity contribution in [2.75, 3.05) is 6.54 Å². The zero-order valence-electron chi connectivity index (χ0n) is 11.5. The fourth-order valence-corrected chi connectivity index (χ4v) is 4.64. The van der Waals surface area contributed by atoms with Gasteiger partial charge in [-0.05, 0) is 37.8 Å². The van der Waals surface area contributed by atoms with Gasteiger partial charge in [0.05, 0.1) is 11.0 Å². The summed E-state index contributed by atoms with van der Waals surface area (Å²) in [6, 6.07) is 9.86. The monoisotopic (exact) mass is 281 g/mol. The number of sulfone groups is 1. The van der Waals surface area contributed by atoms with Crippen molar-refractivity contribution in [3.63, 3.8) is 0 Å². The first-order chi connectivity index (χ1) is 9.12. The average Bonchev–Trinajstić information content (AvgIpc) is 2.86. The molecular weight excluding hydrogens is 258 g/mol. The van der Waals surface area contributed by atoms with Gasteiger partial charge in [-0.15, -0.1) is 0 Å². The van der Waals surface area contributed by atoms with Crippen LogP contribution >= 0.6 is 0 Å². The van der Waals surface area contributed by atoms with Gasteiger partial charge in [0.1, 0.15) is 0 Å². The maximum atomic E-state index is 12.4. The lowest BCUT2D eigenvalue weighted by atomic mass is 10.2. The fraction of sp³-hybridized carbons (Fsp3) is 0.600. The summed E-state index contributed by atoms with van der Waals surface area (Å²) in [7, 11) is -3.01. The molecule has 0 heterocycles. The molecule has 1 N–H and O–H groups in total. The van der Waals surface area contributed by atoms with E-state index in [9.17, 15) is 8.42 Å². The molecule has 1 saturated carbocycles. The van der Waals surface area contributed by atoms with Gasteiger partial charge in [-0.2, -0.15) is 0 Å². The first-order valence-corrected chi connectivity index (χ1v) is 8.82. The molecule has 0 saturated heterocycles. The Hall–Kier alpha value is -0.870. The van der Waals surface area contributed by atoms with Crippen LogP contribution in [0.25, 0.3) is 0 Å². The summed E-state index contributed by atoms with van der Waals surface area (Å²) in [5.74, 6) is 0.180. The van der Waals surface area contributed by atoms with Gasteiger partial charge in [0, 0.05) is 6.04 Å². The molecule has 1 aliphatic carbocycles. The molecule has 0 amide bonds. The Morgan fingerprint density at radius 2 is 1.95 bits per heavy atom. The van der Waals surface area contributed by atoms with Crippen molar-refractivity contribution in [1.82, 2.24) is 5.32 Å². The number of rotatable bonds is 6. The van der Waals surface area contributed by atoms with E-state index < -0.39 is 9.84 Å². The van der Waals surface area contributed by atoms with Crippen LogP contribution in [0.1, 0.15) is 38.2 Å². The molecule has 1 aromatic rings. The van der Waals surface area contributed by atoms with Crippen LogP contribution in [0.5, 0.6) is 0 Å². The molecule has 1 aromatic carbocycles. The Morgan fingerprint density at radius 3 is 2.63 bits per heavy atom. The minimum absolute atomic E-state index is 0.165. The van der Waals surface area contributed by atoms with E-state index in [1.165, 1.54) is 0 Å². The molecule has 2 unspecified atom stereocenters. The number of nitrogens with one attached hydrogen (secondary N) is 1. The average molecular weight is 281 g/mol. The highest BCUT2D eigenvalue weighted by atomic mass is 32.2. The molecule has 0 aromatic heterocycles. The number of hydrogen-bond acceptors (Lipinski definition) is 3. The van der Waals surface area contributed by atoms with E-state index in [1.54, 1.807) is 0 Å². The molecule has 0 aliphatic heterocycles. The van der Waals surface area contributed by atoms with Crippen molar-refractivity contribution in [3.8, 4) is 0 Å². The van der Waals surface area contributed by atoms with Crippen LogP contribution in [0.3, 0.4) is 0 Å². The van der Waals surface area contributed by atoms with Crippen LogP contribution in [0.15, 0.2) is 30.3 Å². The molecule has 19 heavy (non-hydrogen) atoms. The lowest BCUT2D eigenvalue weighted by molar-refractivity contribution is 0.520. The van der Waals surface area contributed by atoms with Crippen LogP contribution < -0.4 is 5.32 Å². The molecule has 2 atom stereocenters. The van der Waals surface area contributed by atoms with Crippen LogP contribution in [0, 0.1) is 0 Å². The standard InChI is InChI=1S/C15H23NO2S/c1-2-10-16-14-8-9-15(11-14)19(17,18)12-13-6-4-3-5-7-13/h3-7,14-16H,2,8-12H2,1H3. The Kier molecular flexibility index (Phi) is 4.99. The maximum Gasteiger partial charge on any atom is 0.157 e. The van der Waals surface area contributed by atoms with Gasteiger partial charge < -0.3 is 5.32 Å². The van der Waals surface area contributed by atoms with E-state index in [0.29, 0.717) is 6.04 Å². The molecule has 3 nitrogen and oxygen atoms in total. The zero-order valence-corrected chi connectivity index (χ0v) is 12.3. The molecular formula is C15H23NO2S. The third kappa shape index (κ3) is 4.05. The molecule has 4 heteroatoms. The van der Waals surface area contributed by atoms with Crippen LogP contribution in [0.4, 0.5) is 0 Å². The summed E-state index contributed by atoms with van der Waals surface area (Å²) in [5, 5.41) is 3.27. The number of benzene rings is 1. The van der Waals surface area contributed by atoms with E-state index in [0.717, 1.165) is 37.8 Å². The minimum atomic E-state index is -3.01. The summed E-state index contributed by atoms with van der Waals surface area (Å²) in [5.41, 5.74) is 0.896. The van der Waals surface area contributed by atoms with E-state index >= 15 is 0 Å². The van der Waals surface area contributed by atoms with E-state index in [1.807, 2.05) is 30.3 Å². The highest BCUT2D eigenvalue weighted by Gasteiger charge is 2.33. The topological polar surface area (TPSA) is 46.2 Å². The molecule has 0 radical (unpaired) electrons. The van der Waals surface area contributed by atoms with E-state index in [4.69, 9.17) is 0 Å². The second-order valence-corrected chi connectivity index (χ2v) is 7.66. The Balaban J connectivity index is 1.94. The van der Waals surface area contributed by atoms with Crippen LogP contribution in [-0.2, 0) is 15.6 Å². The molecule has 0 bridgehead atoms. The SMILES string of the molecule is CCCNC1CCC(S(=O)(=O)Cc2ccccc2)C1. The third-order valence-corrected chi connectivity index (χ3v) is 5.97. The molecule has 1 fully saturated rings. The Bertz CT molecular complexity index is 484. The second kappa shape index (κ2) is 6.53. The first-order valence-electron chi connectivity index (χ1n) is 7.10. The molecule has 2 rings (SSSR count). The van der Waals surface area contributed by atoms with Crippen molar-refractivity contribution < 1.29 is 8.42 Å². The molecule has 106 valence electrons. The molecule has 0 spiro atoms. The summed E-state index contributed by atoms with van der Waals surface area (Å²) in [6.45, 7) is 3.11. The summed E-state index contributed by atoms with van der Waals surface area (Å²) >= 11 is 0. The van der Waals surface area contributed by atoms with E-state index in [2.05, 4.69) is 12.2 Å². The van der Waals surface area contributed by atoms with Crippen molar-refractivity contribution >= 4 is 9.84 Å². The van der Waals surface area contributed by atoms with Gasteiger partial charge in [0.2, 0.25) is 0 Å². The Morgan fingerprint density at radius 1 is 1.21 bits per heavy atom. The highest BCUT2D eigenvalue weighted by molar-refractivity contribution is 7.91. The smallest absolute Gasteiger partial charge is 0.157 e. The van der Waals surface area contributed by atoms with Gasteiger partial charge in [-0.3, -0.25) is 0 Å². The summed E-state index contributed by atoms with van der Waals surface area (Å²) in [6.07, 6.45) is 3.66. The van der Waals surface area contributed by atoms with Crippen molar-refractivity contribution in [2.45, 2.75) is 49.7 Å². The normalized spacial score (nSPS) is 23.6. The van der Waals surface area contributed by atoms with E-state index in [-0.39, 0.29) is 11.0 Å². The second-order valence-electron chi connectivity index (χ2n) is 5.38. The van der Waals surface area contributed by atoms with Crippen molar-refractivity contribution in [3.05, 3.63) is 35.9 Å². The van der Waals surface area contributed by atoms with Crippen LogP contribution in [-0.4, -0.2) is 26.3 Å². The van der Waals surface area contributed by atoms with Crippen LogP contribution in [0.2, 0.25) is 0 Å². The quantitative estimate of drug-likeness (QED) is 0.871. The predicted molar refractivity (Wildman–Crippen MR) is 78.8 cm³/mol. The largest absolute Gasteiger partial charge is 0.314 e. The highest BCUT2D eigenvalue weighted by Crippen LogP contribution is 2.27. The third-order valence-electron chi connectivity index (χ3n) is 3.79. The predicted octanol–water partition coefficient (Wildman–Crippen LogP) is 2.52. The minimum Gasteiger partial charge on any atom is -0.314 e. The van der Waals surface area contributed by atoms with Crippen molar-refractivity contribution in [1.29, 1.82) is 0 Å². The van der Waals surface area contributed by atoms with Gasteiger partial charge >= 0.3 is 0 Å². The summed E-state index contributed by atoms with van der Waals surface area (Å²) in [4.78, 5) is 0. The number of hydrogen-bond donors (Lipinski definition) is 1. The lowest BCUT2D eigenvalue weighted by Crippen LogP contribution is -2.29. The van der Waals surface area contributed by atoms with Gasteiger partial charge in [-0.1, -0.05) is 37.3 Å². The van der Waals surface area contributed by atoms with Gasteiger partial charge in [0.15, 0.2) is 9.84 Å².